The quantitative estimate of drug-likeness (QED) is 0.834. The van der Waals surface area contributed by atoms with E-state index in [9.17, 15) is 0 Å². The van der Waals surface area contributed by atoms with E-state index in [0.29, 0.717) is 0 Å². The molecule has 0 aromatic heterocycles. The van der Waals surface area contributed by atoms with Crippen LogP contribution in [0.5, 0.6) is 0 Å². The minimum Gasteiger partial charge on any atom is -0.330 e. The molecular weight excluding hydrogens is 218 g/mol. The van der Waals surface area contributed by atoms with Crippen molar-refractivity contribution < 1.29 is 0 Å². The van der Waals surface area contributed by atoms with Crippen molar-refractivity contribution in [2.45, 2.75) is 44.9 Å². The smallest absolute Gasteiger partial charge is 0.0438 e. The minimum atomic E-state index is 0.222. The SMILES string of the molecule is Cc1cc(C2(CN)CCCC2)c(C)cc1Cl. The van der Waals surface area contributed by atoms with Crippen LogP contribution in [0.15, 0.2) is 12.1 Å². The van der Waals surface area contributed by atoms with Crippen molar-refractivity contribution in [2.75, 3.05) is 6.54 Å². The fourth-order valence-electron chi connectivity index (χ4n) is 2.99. The maximum absolute atomic E-state index is 6.15. The molecule has 0 bridgehead atoms. The molecular formula is C14H20ClN. The van der Waals surface area contributed by atoms with Crippen LogP contribution in [0.3, 0.4) is 0 Å². The summed E-state index contributed by atoms with van der Waals surface area (Å²) in [5, 5.41) is 0.867. The van der Waals surface area contributed by atoms with Crippen LogP contribution >= 0.6 is 11.6 Å². The largest absolute Gasteiger partial charge is 0.330 e. The summed E-state index contributed by atoms with van der Waals surface area (Å²) in [6, 6.07) is 4.33. The molecule has 1 saturated carbocycles. The molecule has 0 radical (unpaired) electrons. The lowest BCUT2D eigenvalue weighted by Crippen LogP contribution is -2.32. The zero-order valence-electron chi connectivity index (χ0n) is 10.1. The molecule has 1 aromatic rings. The number of aryl methyl sites for hydroxylation is 2. The standard InChI is InChI=1S/C14H20ClN/c1-10-8-13(15)11(2)7-12(10)14(9-16)5-3-4-6-14/h7-8H,3-6,9,16H2,1-2H3. The lowest BCUT2D eigenvalue weighted by molar-refractivity contribution is 0.450. The van der Waals surface area contributed by atoms with Crippen LogP contribution in [0, 0.1) is 13.8 Å². The summed E-state index contributed by atoms with van der Waals surface area (Å²) >= 11 is 6.15. The van der Waals surface area contributed by atoms with Crippen molar-refractivity contribution in [3.8, 4) is 0 Å². The molecule has 2 rings (SSSR count). The molecule has 0 unspecified atom stereocenters. The molecule has 1 aromatic carbocycles. The number of halogens is 1. The molecule has 1 fully saturated rings. The molecule has 2 heteroatoms. The minimum absolute atomic E-state index is 0.222. The highest BCUT2D eigenvalue weighted by atomic mass is 35.5. The maximum Gasteiger partial charge on any atom is 0.0438 e. The van der Waals surface area contributed by atoms with Gasteiger partial charge in [0.05, 0.1) is 0 Å². The van der Waals surface area contributed by atoms with Gasteiger partial charge in [0.1, 0.15) is 0 Å². The fraction of sp³-hybridized carbons (Fsp3) is 0.571. The topological polar surface area (TPSA) is 26.0 Å². The summed E-state index contributed by atoms with van der Waals surface area (Å²) < 4.78 is 0. The predicted octanol–water partition coefficient (Wildman–Crippen LogP) is 3.73. The van der Waals surface area contributed by atoms with Crippen LogP contribution < -0.4 is 5.73 Å². The molecule has 0 spiro atoms. The van der Waals surface area contributed by atoms with Gasteiger partial charge in [-0.1, -0.05) is 30.5 Å². The molecule has 0 aliphatic heterocycles. The molecule has 1 nitrogen and oxygen atoms in total. The number of hydrogen-bond donors (Lipinski definition) is 1. The van der Waals surface area contributed by atoms with Crippen LogP contribution in [0.25, 0.3) is 0 Å². The van der Waals surface area contributed by atoms with E-state index in [4.69, 9.17) is 17.3 Å². The van der Waals surface area contributed by atoms with Gasteiger partial charge in [-0.2, -0.15) is 0 Å². The Bertz CT molecular complexity index is 392. The van der Waals surface area contributed by atoms with Gasteiger partial charge in [0.2, 0.25) is 0 Å². The van der Waals surface area contributed by atoms with Gasteiger partial charge in [0.15, 0.2) is 0 Å². The van der Waals surface area contributed by atoms with E-state index in [1.165, 1.54) is 42.4 Å². The first kappa shape index (κ1) is 11.9. The molecule has 1 aliphatic carbocycles. The van der Waals surface area contributed by atoms with Crippen molar-refractivity contribution in [2.24, 2.45) is 5.73 Å². The first-order chi connectivity index (χ1) is 7.59. The Morgan fingerprint density at radius 1 is 1.19 bits per heavy atom. The molecule has 0 saturated heterocycles. The highest BCUT2D eigenvalue weighted by molar-refractivity contribution is 6.31. The second kappa shape index (κ2) is 4.38. The Morgan fingerprint density at radius 3 is 2.38 bits per heavy atom. The monoisotopic (exact) mass is 237 g/mol. The first-order valence-electron chi connectivity index (χ1n) is 6.06. The van der Waals surface area contributed by atoms with Crippen LogP contribution in [0.4, 0.5) is 0 Å². The summed E-state index contributed by atoms with van der Waals surface area (Å²) in [7, 11) is 0. The van der Waals surface area contributed by atoms with Gasteiger partial charge in [-0.05, 0) is 49.4 Å². The van der Waals surface area contributed by atoms with Crippen molar-refractivity contribution in [1.29, 1.82) is 0 Å². The summed E-state index contributed by atoms with van der Waals surface area (Å²) in [6.07, 6.45) is 5.06. The number of benzene rings is 1. The zero-order valence-corrected chi connectivity index (χ0v) is 10.9. The van der Waals surface area contributed by atoms with Crippen LogP contribution in [-0.4, -0.2) is 6.54 Å². The molecule has 0 heterocycles. The van der Waals surface area contributed by atoms with E-state index in [2.05, 4.69) is 26.0 Å². The second-order valence-electron chi connectivity index (χ2n) is 5.11. The Kier molecular flexibility index (Phi) is 3.27. The third-order valence-corrected chi connectivity index (χ3v) is 4.44. The molecule has 16 heavy (non-hydrogen) atoms. The number of hydrogen-bond acceptors (Lipinski definition) is 1. The van der Waals surface area contributed by atoms with Crippen LogP contribution in [-0.2, 0) is 5.41 Å². The number of nitrogens with two attached hydrogens (primary N) is 1. The summed E-state index contributed by atoms with van der Waals surface area (Å²) in [5.74, 6) is 0. The third-order valence-electron chi connectivity index (χ3n) is 4.03. The van der Waals surface area contributed by atoms with E-state index in [-0.39, 0.29) is 5.41 Å². The van der Waals surface area contributed by atoms with E-state index in [0.717, 1.165) is 11.6 Å². The Balaban J connectivity index is 2.50. The highest BCUT2D eigenvalue weighted by Gasteiger charge is 2.35. The molecule has 0 amide bonds. The zero-order chi connectivity index (χ0) is 11.8. The van der Waals surface area contributed by atoms with Gasteiger partial charge in [0.25, 0.3) is 0 Å². The van der Waals surface area contributed by atoms with Gasteiger partial charge in [-0.3, -0.25) is 0 Å². The normalized spacial score (nSPS) is 19.0. The van der Waals surface area contributed by atoms with E-state index in [1.54, 1.807) is 0 Å². The lowest BCUT2D eigenvalue weighted by Gasteiger charge is -2.30. The first-order valence-corrected chi connectivity index (χ1v) is 6.44. The van der Waals surface area contributed by atoms with Crippen LogP contribution in [0.2, 0.25) is 5.02 Å². The number of rotatable bonds is 2. The van der Waals surface area contributed by atoms with E-state index >= 15 is 0 Å². The van der Waals surface area contributed by atoms with E-state index < -0.39 is 0 Å². The Labute approximate surface area is 103 Å². The van der Waals surface area contributed by atoms with Crippen molar-refractivity contribution in [3.05, 3.63) is 33.8 Å². The molecule has 88 valence electrons. The summed E-state index contributed by atoms with van der Waals surface area (Å²) in [6.45, 7) is 4.98. The average Bonchev–Trinajstić information content (AvgIpc) is 2.73. The fourth-order valence-corrected chi connectivity index (χ4v) is 3.21. The van der Waals surface area contributed by atoms with E-state index in [1.807, 2.05) is 0 Å². The van der Waals surface area contributed by atoms with Crippen molar-refractivity contribution >= 4 is 11.6 Å². The molecule has 2 N–H and O–H groups in total. The van der Waals surface area contributed by atoms with Gasteiger partial charge in [-0.25, -0.2) is 0 Å². The van der Waals surface area contributed by atoms with Crippen molar-refractivity contribution in [1.82, 2.24) is 0 Å². The van der Waals surface area contributed by atoms with Crippen LogP contribution in [0.1, 0.15) is 42.4 Å². The molecule has 0 atom stereocenters. The van der Waals surface area contributed by atoms with Gasteiger partial charge < -0.3 is 5.73 Å². The summed E-state index contributed by atoms with van der Waals surface area (Å²) in [5.41, 5.74) is 10.1. The molecule has 1 aliphatic rings. The lowest BCUT2D eigenvalue weighted by atomic mass is 9.76. The second-order valence-corrected chi connectivity index (χ2v) is 5.52. The van der Waals surface area contributed by atoms with Gasteiger partial charge >= 0.3 is 0 Å². The average molecular weight is 238 g/mol. The predicted molar refractivity (Wildman–Crippen MR) is 70.1 cm³/mol. The van der Waals surface area contributed by atoms with Gasteiger partial charge in [0, 0.05) is 17.0 Å². The summed E-state index contributed by atoms with van der Waals surface area (Å²) in [4.78, 5) is 0. The van der Waals surface area contributed by atoms with Gasteiger partial charge in [-0.15, -0.1) is 0 Å². The van der Waals surface area contributed by atoms with Crippen molar-refractivity contribution in [3.63, 3.8) is 0 Å². The Hall–Kier alpha value is -0.530. The third kappa shape index (κ3) is 1.87. The highest BCUT2D eigenvalue weighted by Crippen LogP contribution is 2.42. The maximum atomic E-state index is 6.15. The Morgan fingerprint density at radius 2 is 1.81 bits per heavy atom.